The largest absolute Gasteiger partial charge is 0.430 e. The zero-order chi connectivity index (χ0) is 21.5. The molecular weight excluding hydrogens is 427 g/mol. The molecule has 160 valence electrons. The van der Waals surface area contributed by atoms with Crippen molar-refractivity contribution in [2.75, 3.05) is 32.1 Å². The first-order valence-electron chi connectivity index (χ1n) is 9.59. The molecule has 2 aromatic rings. The number of hydrogen-bond acceptors (Lipinski definition) is 6. The average molecular weight is 451 g/mol. The lowest BCUT2D eigenvalue weighted by Gasteiger charge is -2.22. The molecule has 9 heteroatoms. The van der Waals surface area contributed by atoms with Crippen LogP contribution in [-0.4, -0.2) is 47.7 Å². The topological polar surface area (TPSA) is 88.4 Å². The molecule has 3 N–H and O–H groups in total. The summed E-state index contributed by atoms with van der Waals surface area (Å²) in [6.45, 7) is 1.59. The molecule has 1 aliphatic carbocycles. The Morgan fingerprint density at radius 1 is 1.30 bits per heavy atom. The van der Waals surface area contributed by atoms with E-state index in [0.717, 1.165) is 16.9 Å². The van der Waals surface area contributed by atoms with E-state index < -0.39 is 0 Å². The van der Waals surface area contributed by atoms with Gasteiger partial charge in [0.05, 0.1) is 13.2 Å². The summed E-state index contributed by atoms with van der Waals surface area (Å²) < 4.78 is 7.82. The van der Waals surface area contributed by atoms with Crippen LogP contribution in [0.4, 0.5) is 5.82 Å². The lowest BCUT2D eigenvalue weighted by atomic mass is 9.99. The van der Waals surface area contributed by atoms with Gasteiger partial charge in [-0.3, -0.25) is 9.36 Å². The Hall–Kier alpha value is -2.32. The molecular formula is C21H24Cl2N4O3. The molecule has 0 saturated heterocycles. The van der Waals surface area contributed by atoms with Crippen LogP contribution in [0.15, 0.2) is 47.2 Å². The number of hydrogen-bond donors (Lipinski definition) is 3. The number of aliphatic hydroxyl groups is 1. The number of carbonyl (C=O) groups is 1. The molecule has 0 fully saturated rings. The van der Waals surface area contributed by atoms with Gasteiger partial charge >= 0.3 is 6.01 Å². The normalized spacial score (nSPS) is 16.1. The van der Waals surface area contributed by atoms with Crippen molar-refractivity contribution in [1.82, 2.24) is 14.9 Å². The number of aldehydes is 1. The van der Waals surface area contributed by atoms with Gasteiger partial charge in [0.25, 0.3) is 0 Å². The Kier molecular flexibility index (Phi) is 7.93. The van der Waals surface area contributed by atoms with E-state index in [4.69, 9.17) is 33.0 Å². The van der Waals surface area contributed by atoms with Crippen molar-refractivity contribution in [2.45, 2.75) is 13.0 Å². The Morgan fingerprint density at radius 3 is 2.73 bits per heavy atom. The fourth-order valence-corrected chi connectivity index (χ4v) is 3.53. The van der Waals surface area contributed by atoms with Crippen LogP contribution in [0.25, 0.3) is 0 Å². The van der Waals surface area contributed by atoms with Gasteiger partial charge < -0.3 is 20.5 Å². The van der Waals surface area contributed by atoms with E-state index >= 15 is 0 Å². The minimum atomic E-state index is 0.0345. The first kappa shape index (κ1) is 22.4. The van der Waals surface area contributed by atoms with E-state index in [-0.39, 0.29) is 12.5 Å². The summed E-state index contributed by atoms with van der Waals surface area (Å²) in [5.41, 5.74) is 1.35. The third-order valence-electron chi connectivity index (χ3n) is 4.74. The lowest BCUT2D eigenvalue weighted by molar-refractivity contribution is 0.111. The monoisotopic (exact) mass is 450 g/mol. The second kappa shape index (κ2) is 10.6. The second-order valence-corrected chi connectivity index (χ2v) is 7.70. The quantitative estimate of drug-likeness (QED) is 0.379. The Bertz CT molecular complexity index is 938. The van der Waals surface area contributed by atoms with Gasteiger partial charge in [0.15, 0.2) is 12.1 Å². The molecule has 3 rings (SSSR count). The molecule has 0 spiro atoms. The first-order valence-corrected chi connectivity index (χ1v) is 10.3. The smallest absolute Gasteiger partial charge is 0.304 e. The van der Waals surface area contributed by atoms with Gasteiger partial charge in [-0.2, -0.15) is 4.98 Å². The Balaban J connectivity index is 1.83. The zero-order valence-corrected chi connectivity index (χ0v) is 18.1. The maximum absolute atomic E-state index is 11.8. The second-order valence-electron chi connectivity index (χ2n) is 6.82. The fourth-order valence-electron chi connectivity index (χ4n) is 3.19. The molecule has 0 aliphatic heterocycles. The van der Waals surface area contributed by atoms with Gasteiger partial charge in [-0.1, -0.05) is 35.3 Å². The van der Waals surface area contributed by atoms with Crippen molar-refractivity contribution in [3.63, 3.8) is 0 Å². The van der Waals surface area contributed by atoms with Crippen LogP contribution in [0.1, 0.15) is 22.5 Å². The summed E-state index contributed by atoms with van der Waals surface area (Å²) >= 11 is 12.3. The van der Waals surface area contributed by atoms with Crippen LogP contribution in [0.2, 0.25) is 5.02 Å². The van der Waals surface area contributed by atoms with Crippen LogP contribution in [-0.2, 0) is 6.54 Å². The highest BCUT2D eigenvalue weighted by atomic mass is 35.5. The van der Waals surface area contributed by atoms with Crippen molar-refractivity contribution in [2.24, 2.45) is 5.92 Å². The highest BCUT2D eigenvalue weighted by Crippen LogP contribution is 2.31. The van der Waals surface area contributed by atoms with E-state index in [1.807, 2.05) is 18.2 Å². The number of aromatic nitrogens is 2. The van der Waals surface area contributed by atoms with Crippen molar-refractivity contribution in [3.8, 4) is 6.01 Å². The van der Waals surface area contributed by atoms with Crippen LogP contribution in [0.5, 0.6) is 6.01 Å². The van der Waals surface area contributed by atoms with Gasteiger partial charge in [0.2, 0.25) is 0 Å². The number of nitrogens with one attached hydrogen (secondary N) is 2. The molecule has 30 heavy (non-hydrogen) atoms. The fraction of sp³-hybridized carbons (Fsp3) is 0.333. The molecule has 0 amide bonds. The number of aliphatic hydroxyl groups excluding tert-OH is 1. The maximum Gasteiger partial charge on any atom is 0.304 e. The van der Waals surface area contributed by atoms with E-state index in [0.29, 0.717) is 54.4 Å². The number of allylic oxidation sites excluding steroid dienone is 3. The summed E-state index contributed by atoms with van der Waals surface area (Å²) in [4.78, 5) is 16.2. The highest BCUT2D eigenvalue weighted by molar-refractivity contribution is 6.30. The molecule has 0 saturated carbocycles. The molecule has 0 bridgehead atoms. The number of rotatable bonds is 10. The van der Waals surface area contributed by atoms with Gasteiger partial charge in [0, 0.05) is 42.5 Å². The standard InChI is InChI=1S/C21H24Cl2N4O3/c1-24-20-19(13-29)27(12-14-2-4-16(22)5-3-14)21(26-20)30-17-6-7-18(23)15(10-17)11-25-8-9-28/h2-7,13,15,24-25,28H,8-12H2,1H3. The third-order valence-corrected chi connectivity index (χ3v) is 5.43. The van der Waals surface area contributed by atoms with E-state index in [2.05, 4.69) is 15.6 Å². The number of halogens is 2. The molecule has 1 atom stereocenters. The molecule has 1 heterocycles. The van der Waals surface area contributed by atoms with Gasteiger partial charge in [-0.15, -0.1) is 0 Å². The number of benzene rings is 1. The highest BCUT2D eigenvalue weighted by Gasteiger charge is 2.23. The lowest BCUT2D eigenvalue weighted by Crippen LogP contribution is -2.27. The van der Waals surface area contributed by atoms with Gasteiger partial charge in [-0.05, 0) is 29.8 Å². The molecule has 7 nitrogen and oxygen atoms in total. The predicted octanol–water partition coefficient (Wildman–Crippen LogP) is 3.43. The van der Waals surface area contributed by atoms with Crippen LogP contribution in [0.3, 0.4) is 0 Å². The summed E-state index contributed by atoms with van der Waals surface area (Å²) in [5, 5.41) is 16.4. The third kappa shape index (κ3) is 5.43. The van der Waals surface area contributed by atoms with Crippen molar-refractivity contribution >= 4 is 35.3 Å². The summed E-state index contributed by atoms with van der Waals surface area (Å²) in [6.07, 6.45) is 4.95. The Labute approximate surface area is 185 Å². The van der Waals surface area contributed by atoms with Crippen molar-refractivity contribution < 1.29 is 14.6 Å². The van der Waals surface area contributed by atoms with E-state index in [1.54, 1.807) is 29.8 Å². The van der Waals surface area contributed by atoms with Crippen molar-refractivity contribution in [3.05, 3.63) is 63.5 Å². The predicted molar refractivity (Wildman–Crippen MR) is 118 cm³/mol. The minimum absolute atomic E-state index is 0.0345. The van der Waals surface area contributed by atoms with E-state index in [9.17, 15) is 4.79 Å². The number of nitrogens with zero attached hydrogens (tertiary/aromatic N) is 2. The molecule has 1 aliphatic rings. The SMILES string of the molecule is CNc1nc(OC2=CC=C(Cl)C(CNCCO)C2)n(Cc2ccc(Cl)cc2)c1C=O. The summed E-state index contributed by atoms with van der Waals surface area (Å²) in [6, 6.07) is 7.70. The molecule has 1 aromatic carbocycles. The number of imidazole rings is 1. The molecule has 1 aromatic heterocycles. The van der Waals surface area contributed by atoms with Crippen LogP contribution < -0.4 is 15.4 Å². The summed E-state index contributed by atoms with van der Waals surface area (Å²) in [5.74, 6) is 1.17. The van der Waals surface area contributed by atoms with Crippen LogP contribution in [0, 0.1) is 5.92 Å². The summed E-state index contributed by atoms with van der Waals surface area (Å²) in [7, 11) is 1.71. The van der Waals surface area contributed by atoms with E-state index in [1.165, 1.54) is 0 Å². The first-order chi connectivity index (χ1) is 14.5. The Morgan fingerprint density at radius 2 is 2.07 bits per heavy atom. The number of carbonyl (C=O) groups excluding carboxylic acids is 1. The number of ether oxygens (including phenoxy) is 1. The van der Waals surface area contributed by atoms with Crippen molar-refractivity contribution in [1.29, 1.82) is 0 Å². The van der Waals surface area contributed by atoms with Gasteiger partial charge in [0.1, 0.15) is 11.5 Å². The number of anilines is 1. The molecule has 0 radical (unpaired) electrons. The molecule has 1 unspecified atom stereocenters. The maximum atomic E-state index is 11.8. The van der Waals surface area contributed by atoms with Gasteiger partial charge in [-0.25, -0.2) is 0 Å². The van der Waals surface area contributed by atoms with Crippen LogP contribution >= 0.6 is 23.2 Å². The zero-order valence-electron chi connectivity index (χ0n) is 16.6. The average Bonchev–Trinajstić information content (AvgIpc) is 3.08. The minimum Gasteiger partial charge on any atom is -0.430 e.